The van der Waals surface area contributed by atoms with Crippen molar-refractivity contribution in [3.8, 4) is 0 Å². The molecule has 3 aromatic rings. The van der Waals surface area contributed by atoms with Gasteiger partial charge in [-0.25, -0.2) is 0 Å². The summed E-state index contributed by atoms with van der Waals surface area (Å²) in [6, 6.07) is 24.3. The number of non-ortho nitro benzene ring substituents is 1. The molecule has 154 valence electrons. The molecule has 1 heterocycles. The Hall–Kier alpha value is -3.51. The van der Waals surface area contributed by atoms with Gasteiger partial charge >= 0.3 is 0 Å². The molecule has 4 rings (SSSR count). The molecule has 5 nitrogen and oxygen atoms in total. The maximum Gasteiger partial charge on any atom is 0.269 e. The van der Waals surface area contributed by atoms with Gasteiger partial charge in [-0.1, -0.05) is 78.9 Å². The monoisotopic (exact) mass is 429 g/mol. The number of nitro groups is 1. The summed E-state index contributed by atoms with van der Waals surface area (Å²) in [5.41, 5.74) is 2.02. The summed E-state index contributed by atoms with van der Waals surface area (Å²) < 4.78 is 0. The van der Waals surface area contributed by atoms with Crippen molar-refractivity contribution >= 4 is 29.0 Å². The van der Waals surface area contributed by atoms with Gasteiger partial charge < -0.3 is 0 Å². The minimum absolute atomic E-state index is 0.00800. The molecule has 0 N–H and O–H groups in total. The Morgan fingerprint density at radius 3 is 2.00 bits per heavy atom. The molecule has 31 heavy (non-hydrogen) atoms. The Labute approximate surface area is 184 Å². The highest BCUT2D eigenvalue weighted by Crippen LogP contribution is 2.43. The lowest BCUT2D eigenvalue weighted by atomic mass is 9.87. The van der Waals surface area contributed by atoms with Crippen LogP contribution in [0.15, 0.2) is 95.9 Å². The first-order valence-corrected chi connectivity index (χ1v) is 10.7. The number of allylic oxidation sites excluding steroid dienone is 2. The van der Waals surface area contributed by atoms with Crippen molar-refractivity contribution in [3.63, 3.8) is 0 Å². The van der Waals surface area contributed by atoms with Crippen LogP contribution in [0.2, 0.25) is 0 Å². The third-order valence-electron chi connectivity index (χ3n) is 5.29. The third kappa shape index (κ3) is 4.49. The molecule has 0 bridgehead atoms. The highest BCUT2D eigenvalue weighted by Gasteiger charge is 2.36. The topological polar surface area (TPSA) is 77.3 Å². The molecule has 0 aromatic heterocycles. The quantitative estimate of drug-likeness (QED) is 0.280. The van der Waals surface area contributed by atoms with E-state index in [2.05, 4.69) is 0 Å². The van der Waals surface area contributed by atoms with Gasteiger partial charge in [-0.15, -0.1) is 11.8 Å². The van der Waals surface area contributed by atoms with Gasteiger partial charge in [-0.3, -0.25) is 19.7 Å². The normalized spacial score (nSPS) is 18.1. The van der Waals surface area contributed by atoms with Gasteiger partial charge in [0.25, 0.3) is 5.69 Å². The number of thioether (sulfide) groups is 1. The predicted molar refractivity (Wildman–Crippen MR) is 121 cm³/mol. The average molecular weight is 429 g/mol. The minimum atomic E-state index is -0.503. The molecule has 1 aliphatic heterocycles. The molecule has 0 aliphatic carbocycles. The number of hydrogen-bond acceptors (Lipinski definition) is 5. The van der Waals surface area contributed by atoms with Crippen molar-refractivity contribution in [1.29, 1.82) is 0 Å². The molecule has 3 aromatic carbocycles. The highest BCUT2D eigenvalue weighted by molar-refractivity contribution is 8.05. The molecule has 1 aliphatic rings. The van der Waals surface area contributed by atoms with Crippen molar-refractivity contribution in [3.05, 3.63) is 123 Å². The molecule has 0 amide bonds. The van der Waals surface area contributed by atoms with E-state index >= 15 is 0 Å². The van der Waals surface area contributed by atoms with Crippen molar-refractivity contribution in [2.24, 2.45) is 0 Å². The standard InChI is InChI=1S/C25H19NO4S/c27-23(18-7-3-1-4-8-18)22-16-15-21(17-11-13-20(14-12-17)26(29)30)25(31-22)24(28)19-9-5-2-6-10-19/h1-14,16,21,25H,15H2/t21-,25+/m0/s1. The van der Waals surface area contributed by atoms with Crippen LogP contribution in [-0.4, -0.2) is 21.7 Å². The Balaban J connectivity index is 1.69. The van der Waals surface area contributed by atoms with Crippen LogP contribution in [0, 0.1) is 10.1 Å². The van der Waals surface area contributed by atoms with Crippen molar-refractivity contribution in [2.45, 2.75) is 17.6 Å². The number of nitrogens with zero attached hydrogens (tertiary/aromatic N) is 1. The van der Waals surface area contributed by atoms with Gasteiger partial charge in [0.2, 0.25) is 0 Å². The van der Waals surface area contributed by atoms with Gasteiger partial charge in [-0.05, 0) is 12.0 Å². The first-order chi connectivity index (χ1) is 15.0. The summed E-state index contributed by atoms with van der Waals surface area (Å²) in [5.74, 6) is -0.343. The molecule has 0 unspecified atom stereocenters. The van der Waals surface area contributed by atoms with E-state index in [1.807, 2.05) is 42.5 Å². The third-order valence-corrected chi connectivity index (χ3v) is 6.69. The van der Waals surface area contributed by atoms with Gasteiger partial charge in [0, 0.05) is 29.2 Å². The number of carbonyl (C=O) groups is 2. The fourth-order valence-electron chi connectivity index (χ4n) is 3.66. The largest absolute Gasteiger partial charge is 0.293 e. The van der Waals surface area contributed by atoms with Gasteiger partial charge in [-0.2, -0.15) is 0 Å². The van der Waals surface area contributed by atoms with Crippen LogP contribution in [0.1, 0.15) is 38.6 Å². The zero-order valence-electron chi connectivity index (χ0n) is 16.5. The van der Waals surface area contributed by atoms with E-state index in [0.29, 0.717) is 22.5 Å². The maximum absolute atomic E-state index is 13.4. The van der Waals surface area contributed by atoms with E-state index in [4.69, 9.17) is 0 Å². The molecule has 0 fully saturated rings. The Morgan fingerprint density at radius 1 is 0.839 bits per heavy atom. The lowest BCUT2D eigenvalue weighted by Gasteiger charge is -2.30. The van der Waals surface area contributed by atoms with Crippen LogP contribution in [0.3, 0.4) is 0 Å². The van der Waals surface area contributed by atoms with Crippen LogP contribution in [0.4, 0.5) is 5.69 Å². The molecule has 2 atom stereocenters. The van der Waals surface area contributed by atoms with Crippen LogP contribution in [0.25, 0.3) is 0 Å². The first-order valence-electron chi connectivity index (χ1n) is 9.85. The number of carbonyl (C=O) groups excluding carboxylic acids is 2. The van der Waals surface area contributed by atoms with Crippen molar-refractivity contribution < 1.29 is 14.5 Å². The van der Waals surface area contributed by atoms with Crippen molar-refractivity contribution in [2.75, 3.05) is 0 Å². The lowest BCUT2D eigenvalue weighted by molar-refractivity contribution is -0.384. The molecule has 6 heteroatoms. The molecule has 0 spiro atoms. The average Bonchev–Trinajstić information content (AvgIpc) is 2.84. The van der Waals surface area contributed by atoms with E-state index in [-0.39, 0.29) is 23.2 Å². The van der Waals surface area contributed by atoms with Gasteiger partial charge in [0.15, 0.2) is 11.6 Å². The van der Waals surface area contributed by atoms with E-state index < -0.39 is 10.2 Å². The Kier molecular flexibility index (Phi) is 6.09. The SMILES string of the molecule is O=C(C1=CC[C@@H](c2ccc([N+](=O)[O-])cc2)[C@H](C(=O)c2ccccc2)S1)c1ccccc1. The second-order valence-electron chi connectivity index (χ2n) is 7.22. The summed E-state index contributed by atoms with van der Waals surface area (Å²) in [7, 11) is 0. The highest BCUT2D eigenvalue weighted by atomic mass is 32.2. The van der Waals surface area contributed by atoms with Gasteiger partial charge in [0.05, 0.1) is 15.1 Å². The Morgan fingerprint density at radius 2 is 1.42 bits per heavy atom. The number of Topliss-reactive ketones (excluding diaryl/α,β-unsaturated/α-hetero) is 2. The van der Waals surface area contributed by atoms with Crippen LogP contribution in [-0.2, 0) is 0 Å². The maximum atomic E-state index is 13.4. The lowest BCUT2D eigenvalue weighted by Crippen LogP contribution is -2.29. The second-order valence-corrected chi connectivity index (χ2v) is 8.41. The van der Waals surface area contributed by atoms with E-state index in [9.17, 15) is 19.7 Å². The minimum Gasteiger partial charge on any atom is -0.293 e. The summed E-state index contributed by atoms with van der Waals surface area (Å²) in [4.78, 5) is 37.5. The van der Waals surface area contributed by atoms with Crippen LogP contribution in [0.5, 0.6) is 0 Å². The van der Waals surface area contributed by atoms with Crippen molar-refractivity contribution in [1.82, 2.24) is 0 Å². The van der Waals surface area contributed by atoms with Crippen LogP contribution < -0.4 is 0 Å². The molecule has 0 radical (unpaired) electrons. The zero-order valence-corrected chi connectivity index (χ0v) is 17.3. The number of benzene rings is 3. The second kappa shape index (κ2) is 9.10. The number of rotatable bonds is 6. The molecule has 0 saturated heterocycles. The number of ketones is 2. The van der Waals surface area contributed by atoms with Crippen LogP contribution >= 0.6 is 11.8 Å². The van der Waals surface area contributed by atoms with E-state index in [1.165, 1.54) is 23.9 Å². The zero-order chi connectivity index (χ0) is 21.8. The molecule has 0 saturated carbocycles. The fourth-order valence-corrected chi connectivity index (χ4v) is 5.03. The van der Waals surface area contributed by atoms with E-state index in [1.54, 1.807) is 36.4 Å². The molecular weight excluding hydrogens is 410 g/mol. The Bertz CT molecular complexity index is 1140. The summed E-state index contributed by atoms with van der Waals surface area (Å²) in [5, 5.41) is 10.5. The summed E-state index contributed by atoms with van der Waals surface area (Å²) >= 11 is 1.28. The fraction of sp³-hybridized carbons (Fsp3) is 0.120. The van der Waals surface area contributed by atoms with Gasteiger partial charge in [0.1, 0.15) is 0 Å². The summed E-state index contributed by atoms with van der Waals surface area (Å²) in [6.07, 6.45) is 2.38. The summed E-state index contributed by atoms with van der Waals surface area (Å²) in [6.45, 7) is 0. The molecular formula is C25H19NO4S. The number of hydrogen-bond donors (Lipinski definition) is 0. The number of nitro benzene ring substituents is 1. The predicted octanol–water partition coefficient (Wildman–Crippen LogP) is 5.83. The first kappa shape index (κ1) is 20.8. The smallest absolute Gasteiger partial charge is 0.269 e. The van der Waals surface area contributed by atoms with E-state index in [0.717, 1.165) is 5.56 Å².